The second-order valence-corrected chi connectivity index (χ2v) is 8.18. The summed E-state index contributed by atoms with van der Waals surface area (Å²) < 4.78 is 56.5. The zero-order valence-electron chi connectivity index (χ0n) is 20.7. The number of nitrogens with zero attached hydrogens (tertiary/aromatic N) is 3. The van der Waals surface area contributed by atoms with E-state index < -0.39 is 11.7 Å². The molecule has 1 heterocycles. The van der Waals surface area contributed by atoms with Crippen LogP contribution < -0.4 is 14.8 Å². The Bertz CT molecular complexity index is 1370. The van der Waals surface area contributed by atoms with Crippen LogP contribution in [-0.2, 0) is 22.1 Å². The Morgan fingerprint density at radius 1 is 1.00 bits per heavy atom. The number of rotatable bonds is 10. The lowest BCUT2D eigenvalue weighted by Crippen LogP contribution is -2.17. The fourth-order valence-corrected chi connectivity index (χ4v) is 3.63. The highest BCUT2D eigenvalue weighted by Gasteiger charge is 2.30. The average Bonchev–Trinajstić information content (AvgIpc) is 3.33. The first-order valence-corrected chi connectivity index (χ1v) is 11.6. The Morgan fingerprint density at radius 3 is 2.39 bits per heavy atom. The predicted octanol–water partition coefficient (Wildman–Crippen LogP) is 5.17. The monoisotopic (exact) mass is 526 g/mol. The molecule has 3 aromatic carbocycles. The van der Waals surface area contributed by atoms with Crippen molar-refractivity contribution >= 4 is 11.6 Å². The molecule has 0 aliphatic heterocycles. The van der Waals surface area contributed by atoms with Gasteiger partial charge in [0.1, 0.15) is 12.4 Å². The van der Waals surface area contributed by atoms with E-state index in [2.05, 4.69) is 15.4 Å². The molecule has 0 bridgehead atoms. The molecule has 1 N–H and O–H groups in total. The van der Waals surface area contributed by atoms with E-state index in [1.54, 1.807) is 31.4 Å². The second kappa shape index (κ2) is 11.8. The van der Waals surface area contributed by atoms with Crippen LogP contribution in [0.4, 0.5) is 18.9 Å². The maximum atomic E-state index is 13.1. The standard InChI is InChI=1S/C27H25F3N4O4/c1-36-17-24(35)31-21-4-3-5-22(16-21)34-25(19-8-10-20(11-9-19)27(28,29)30)32-26(33-34)38-15-14-18-6-12-23(37-2)13-7-18/h3-13,16H,14-15,17H2,1-2H3,(H,31,35). The molecule has 38 heavy (non-hydrogen) atoms. The summed E-state index contributed by atoms with van der Waals surface area (Å²) in [4.78, 5) is 16.4. The van der Waals surface area contributed by atoms with Crippen molar-refractivity contribution in [2.75, 3.05) is 32.8 Å². The third kappa shape index (κ3) is 6.68. The summed E-state index contributed by atoms with van der Waals surface area (Å²) in [6, 6.07) is 19.0. The summed E-state index contributed by atoms with van der Waals surface area (Å²) in [5, 5.41) is 7.16. The van der Waals surface area contributed by atoms with Crippen molar-refractivity contribution in [3.8, 4) is 28.8 Å². The van der Waals surface area contributed by atoms with Crippen LogP contribution in [0.15, 0.2) is 72.8 Å². The van der Waals surface area contributed by atoms with E-state index in [1.807, 2.05) is 24.3 Å². The predicted molar refractivity (Wildman–Crippen MR) is 134 cm³/mol. The van der Waals surface area contributed by atoms with E-state index in [0.717, 1.165) is 23.4 Å². The van der Waals surface area contributed by atoms with Gasteiger partial charge in [0.2, 0.25) is 5.91 Å². The van der Waals surface area contributed by atoms with Crippen molar-refractivity contribution in [3.63, 3.8) is 0 Å². The zero-order valence-corrected chi connectivity index (χ0v) is 20.7. The number of ether oxygens (including phenoxy) is 3. The SMILES string of the molecule is COCC(=O)Nc1cccc(-n2nc(OCCc3ccc(OC)cc3)nc2-c2ccc(C(F)(F)F)cc2)c1. The van der Waals surface area contributed by atoms with Gasteiger partial charge in [-0.1, -0.05) is 30.3 Å². The number of aromatic nitrogens is 3. The Kier molecular flexibility index (Phi) is 8.27. The second-order valence-electron chi connectivity index (χ2n) is 8.18. The van der Waals surface area contributed by atoms with E-state index in [0.29, 0.717) is 23.4 Å². The molecule has 0 aliphatic carbocycles. The number of nitrogens with one attached hydrogen (secondary N) is 1. The van der Waals surface area contributed by atoms with Crippen LogP contribution in [0.3, 0.4) is 0 Å². The molecule has 11 heteroatoms. The molecule has 198 valence electrons. The number of benzene rings is 3. The van der Waals surface area contributed by atoms with Crippen LogP contribution in [-0.4, -0.2) is 48.1 Å². The van der Waals surface area contributed by atoms with Crippen LogP contribution >= 0.6 is 0 Å². The maximum absolute atomic E-state index is 13.1. The highest BCUT2D eigenvalue weighted by Crippen LogP contribution is 2.32. The molecule has 0 fully saturated rings. The van der Waals surface area contributed by atoms with Gasteiger partial charge in [-0.25, -0.2) is 4.68 Å². The Balaban J connectivity index is 1.61. The van der Waals surface area contributed by atoms with Gasteiger partial charge in [0.25, 0.3) is 0 Å². The number of anilines is 1. The van der Waals surface area contributed by atoms with Crippen molar-refractivity contribution in [3.05, 3.63) is 83.9 Å². The molecule has 4 rings (SSSR count). The van der Waals surface area contributed by atoms with E-state index in [1.165, 1.54) is 23.9 Å². The number of carbonyl (C=O) groups excluding carboxylic acids is 1. The van der Waals surface area contributed by atoms with Gasteiger partial charge in [0.15, 0.2) is 5.82 Å². The molecular formula is C27H25F3N4O4. The fraction of sp³-hybridized carbons (Fsp3) is 0.222. The summed E-state index contributed by atoms with van der Waals surface area (Å²) in [7, 11) is 3.01. The molecule has 4 aromatic rings. The van der Waals surface area contributed by atoms with Crippen molar-refractivity contribution < 1.29 is 32.2 Å². The summed E-state index contributed by atoms with van der Waals surface area (Å²) in [6.07, 6.45) is -3.88. The number of hydrogen-bond donors (Lipinski definition) is 1. The molecule has 0 saturated heterocycles. The minimum absolute atomic E-state index is 0.0576. The summed E-state index contributed by atoms with van der Waals surface area (Å²) >= 11 is 0. The third-order valence-electron chi connectivity index (χ3n) is 5.49. The number of alkyl halides is 3. The van der Waals surface area contributed by atoms with Crippen molar-refractivity contribution in [2.45, 2.75) is 12.6 Å². The quantitative estimate of drug-likeness (QED) is 0.307. The summed E-state index contributed by atoms with van der Waals surface area (Å²) in [5.41, 5.74) is 1.66. The van der Waals surface area contributed by atoms with Crippen molar-refractivity contribution in [2.24, 2.45) is 0 Å². The lowest BCUT2D eigenvalue weighted by molar-refractivity contribution is -0.137. The molecule has 8 nitrogen and oxygen atoms in total. The van der Waals surface area contributed by atoms with Gasteiger partial charge in [-0.05, 0) is 48.0 Å². The largest absolute Gasteiger partial charge is 0.497 e. The molecule has 0 saturated carbocycles. The van der Waals surface area contributed by atoms with E-state index >= 15 is 0 Å². The summed E-state index contributed by atoms with van der Waals surface area (Å²) in [6.45, 7) is 0.159. The average molecular weight is 527 g/mol. The summed E-state index contributed by atoms with van der Waals surface area (Å²) in [5.74, 6) is 0.684. The van der Waals surface area contributed by atoms with Crippen LogP contribution in [0, 0.1) is 0 Å². The molecular weight excluding hydrogens is 501 g/mol. The minimum Gasteiger partial charge on any atom is -0.497 e. The van der Waals surface area contributed by atoms with Crippen molar-refractivity contribution in [1.82, 2.24) is 14.8 Å². The number of amides is 1. The van der Waals surface area contributed by atoms with Gasteiger partial charge in [-0.3, -0.25) is 4.79 Å². The molecule has 0 aliphatic rings. The normalized spacial score (nSPS) is 11.3. The highest BCUT2D eigenvalue weighted by atomic mass is 19.4. The van der Waals surface area contributed by atoms with Crippen LogP contribution in [0.2, 0.25) is 0 Å². The van der Waals surface area contributed by atoms with E-state index in [9.17, 15) is 18.0 Å². The van der Waals surface area contributed by atoms with Gasteiger partial charge in [-0.15, -0.1) is 5.10 Å². The number of hydrogen-bond acceptors (Lipinski definition) is 6. The minimum atomic E-state index is -4.46. The van der Waals surface area contributed by atoms with Crippen LogP contribution in [0.5, 0.6) is 11.8 Å². The lowest BCUT2D eigenvalue weighted by atomic mass is 10.1. The Morgan fingerprint density at radius 2 is 1.74 bits per heavy atom. The molecule has 1 aromatic heterocycles. The van der Waals surface area contributed by atoms with E-state index in [4.69, 9.17) is 14.2 Å². The lowest BCUT2D eigenvalue weighted by Gasteiger charge is -2.10. The van der Waals surface area contributed by atoms with Gasteiger partial charge >= 0.3 is 12.2 Å². The van der Waals surface area contributed by atoms with Gasteiger partial charge < -0.3 is 19.5 Å². The van der Waals surface area contributed by atoms with Crippen LogP contribution in [0.25, 0.3) is 17.1 Å². The number of carbonyl (C=O) groups is 1. The van der Waals surface area contributed by atoms with Gasteiger partial charge in [0, 0.05) is 24.8 Å². The molecule has 0 spiro atoms. The topological polar surface area (TPSA) is 87.5 Å². The first kappa shape index (κ1) is 26.7. The maximum Gasteiger partial charge on any atom is 0.416 e. The van der Waals surface area contributed by atoms with Gasteiger partial charge in [0.05, 0.1) is 25.0 Å². The number of methoxy groups -OCH3 is 2. The third-order valence-corrected chi connectivity index (χ3v) is 5.49. The fourth-order valence-electron chi connectivity index (χ4n) is 3.63. The molecule has 0 unspecified atom stereocenters. The zero-order chi connectivity index (χ0) is 27.1. The molecule has 0 atom stereocenters. The highest BCUT2D eigenvalue weighted by molar-refractivity contribution is 5.92. The molecule has 1 amide bonds. The first-order valence-electron chi connectivity index (χ1n) is 11.6. The smallest absolute Gasteiger partial charge is 0.416 e. The first-order chi connectivity index (χ1) is 18.3. The number of halogens is 3. The molecule has 0 radical (unpaired) electrons. The van der Waals surface area contributed by atoms with Crippen molar-refractivity contribution in [1.29, 1.82) is 0 Å². The van der Waals surface area contributed by atoms with E-state index in [-0.39, 0.29) is 31.0 Å². The Hall–Kier alpha value is -4.38. The van der Waals surface area contributed by atoms with Crippen LogP contribution in [0.1, 0.15) is 11.1 Å². The van der Waals surface area contributed by atoms with Gasteiger partial charge in [-0.2, -0.15) is 18.2 Å². The Labute approximate surface area is 217 Å².